The zero-order valence-corrected chi connectivity index (χ0v) is 16.4. The van der Waals surface area contributed by atoms with Crippen molar-refractivity contribution in [1.29, 1.82) is 0 Å². The molecule has 1 aliphatic heterocycles. The van der Waals surface area contributed by atoms with Gasteiger partial charge in [-0.1, -0.05) is 0 Å². The second kappa shape index (κ2) is 6.16. The lowest BCUT2D eigenvalue weighted by Gasteiger charge is -2.17. The highest BCUT2D eigenvalue weighted by Gasteiger charge is 2.31. The monoisotopic (exact) mass is 388 g/mol. The highest BCUT2D eigenvalue weighted by Crippen LogP contribution is 2.41. The first-order valence-corrected chi connectivity index (χ1v) is 9.35. The number of hydrogen-bond donors (Lipinski definition) is 1. The number of aromatic nitrogens is 5. The number of hydrogen-bond acceptors (Lipinski definition) is 5. The van der Waals surface area contributed by atoms with Crippen LogP contribution in [0, 0.1) is 0 Å². The van der Waals surface area contributed by atoms with Crippen LogP contribution in [-0.2, 0) is 13.5 Å². The lowest BCUT2D eigenvalue weighted by Crippen LogP contribution is -2.24. The van der Waals surface area contributed by atoms with Gasteiger partial charge in [-0.25, -0.2) is 9.50 Å². The Morgan fingerprint density at radius 1 is 1.28 bits per heavy atom. The predicted molar refractivity (Wildman–Crippen MR) is 108 cm³/mol. The van der Waals surface area contributed by atoms with E-state index in [0.717, 1.165) is 29.0 Å². The van der Waals surface area contributed by atoms with Crippen LogP contribution >= 0.6 is 0 Å². The fourth-order valence-corrected chi connectivity index (χ4v) is 3.70. The molecule has 1 aromatic carbocycles. The van der Waals surface area contributed by atoms with Crippen LogP contribution in [0.1, 0.15) is 29.8 Å². The third kappa shape index (κ3) is 3.02. The summed E-state index contributed by atoms with van der Waals surface area (Å²) in [6.45, 7) is 4.10. The fraction of sp³-hybridized carbons (Fsp3) is 0.238. The van der Waals surface area contributed by atoms with E-state index in [0.29, 0.717) is 16.9 Å². The van der Waals surface area contributed by atoms with Crippen LogP contribution in [0.4, 0.5) is 5.69 Å². The van der Waals surface area contributed by atoms with Gasteiger partial charge in [-0.3, -0.25) is 9.48 Å². The number of rotatable bonds is 3. The summed E-state index contributed by atoms with van der Waals surface area (Å²) in [5.41, 5.74) is 3.95. The van der Waals surface area contributed by atoms with Gasteiger partial charge in [0.25, 0.3) is 5.91 Å². The van der Waals surface area contributed by atoms with E-state index in [1.807, 2.05) is 31.4 Å². The van der Waals surface area contributed by atoms with Crippen LogP contribution in [-0.4, -0.2) is 35.9 Å². The van der Waals surface area contributed by atoms with Crippen molar-refractivity contribution in [3.05, 3.63) is 60.2 Å². The first kappa shape index (κ1) is 17.4. The number of fused-ring (bicyclic) bond motifs is 2. The summed E-state index contributed by atoms with van der Waals surface area (Å²) in [6.07, 6.45) is 7.56. The van der Waals surface area contributed by atoms with Crippen molar-refractivity contribution in [3.8, 4) is 17.0 Å². The number of aryl methyl sites for hydroxylation is 1. The van der Waals surface area contributed by atoms with Crippen molar-refractivity contribution in [3.63, 3.8) is 0 Å². The van der Waals surface area contributed by atoms with Gasteiger partial charge < -0.3 is 10.1 Å². The summed E-state index contributed by atoms with van der Waals surface area (Å²) >= 11 is 0. The number of benzene rings is 1. The first-order valence-electron chi connectivity index (χ1n) is 9.35. The summed E-state index contributed by atoms with van der Waals surface area (Å²) in [4.78, 5) is 17.3. The molecule has 0 unspecified atom stereocenters. The summed E-state index contributed by atoms with van der Waals surface area (Å²) < 4.78 is 9.39. The Balaban J connectivity index is 1.57. The van der Waals surface area contributed by atoms with E-state index in [1.165, 1.54) is 6.20 Å². The van der Waals surface area contributed by atoms with Gasteiger partial charge in [0.2, 0.25) is 0 Å². The van der Waals surface area contributed by atoms with E-state index in [-0.39, 0.29) is 11.5 Å². The molecule has 1 N–H and O–H groups in total. The number of carbonyl (C=O) groups excluding carboxylic acids is 1. The minimum atomic E-state index is -0.279. The van der Waals surface area contributed by atoms with Crippen molar-refractivity contribution in [2.45, 2.75) is 25.9 Å². The highest BCUT2D eigenvalue weighted by molar-refractivity contribution is 6.09. The Morgan fingerprint density at radius 3 is 2.93 bits per heavy atom. The number of ether oxygens (including phenoxy) is 1. The summed E-state index contributed by atoms with van der Waals surface area (Å²) in [7, 11) is 1.86. The van der Waals surface area contributed by atoms with E-state index in [2.05, 4.69) is 34.3 Å². The third-order valence-electron chi connectivity index (χ3n) is 4.96. The third-order valence-corrected chi connectivity index (χ3v) is 4.96. The van der Waals surface area contributed by atoms with Gasteiger partial charge >= 0.3 is 0 Å². The number of nitrogens with one attached hydrogen (secondary N) is 1. The Morgan fingerprint density at radius 2 is 2.14 bits per heavy atom. The molecule has 5 rings (SSSR count). The molecular weight excluding hydrogens is 368 g/mol. The topological polar surface area (TPSA) is 86.3 Å². The van der Waals surface area contributed by atoms with E-state index < -0.39 is 0 Å². The largest absolute Gasteiger partial charge is 0.487 e. The molecule has 0 spiro atoms. The first-order chi connectivity index (χ1) is 13.9. The Labute approximate surface area is 167 Å². The van der Waals surface area contributed by atoms with Crippen molar-refractivity contribution in [2.75, 3.05) is 5.32 Å². The van der Waals surface area contributed by atoms with E-state index >= 15 is 0 Å². The molecule has 0 saturated carbocycles. The quantitative estimate of drug-likeness (QED) is 0.583. The number of carbonyl (C=O) groups is 1. The molecule has 8 heteroatoms. The summed E-state index contributed by atoms with van der Waals surface area (Å²) in [5.74, 6) is 0.556. The molecule has 4 aromatic rings. The molecule has 3 aromatic heterocycles. The van der Waals surface area contributed by atoms with Gasteiger partial charge in [0.1, 0.15) is 16.9 Å². The number of anilines is 1. The maximum atomic E-state index is 13.0. The van der Waals surface area contributed by atoms with Crippen molar-refractivity contribution >= 4 is 17.2 Å². The minimum Gasteiger partial charge on any atom is -0.487 e. The smallest absolute Gasteiger partial charge is 0.261 e. The van der Waals surface area contributed by atoms with E-state index in [4.69, 9.17) is 4.74 Å². The Kier molecular flexibility index (Phi) is 3.70. The molecule has 0 bridgehead atoms. The number of nitrogens with zero attached hydrogens (tertiary/aromatic N) is 5. The maximum absolute atomic E-state index is 13.0. The lowest BCUT2D eigenvalue weighted by molar-refractivity contribution is 0.102. The van der Waals surface area contributed by atoms with Crippen LogP contribution in [0.2, 0.25) is 0 Å². The molecule has 29 heavy (non-hydrogen) atoms. The van der Waals surface area contributed by atoms with Crippen molar-refractivity contribution < 1.29 is 9.53 Å². The SMILES string of the molecule is Cn1ccc(-c2cc3c(cc2NC(=O)c2cnn4cccnc24)CC(C)(C)O3)n1. The molecular formula is C21H20N6O2. The standard InChI is InChI=1S/C21H20N6O2/c1-21(2)11-13-9-17(14(10-18(13)29-21)16-5-8-26(3)25-16)24-20(28)15-12-23-27-7-4-6-22-19(15)27/h4-10,12H,11H2,1-3H3,(H,24,28). The maximum Gasteiger partial charge on any atom is 0.261 e. The molecule has 1 aliphatic rings. The minimum absolute atomic E-state index is 0.269. The average molecular weight is 388 g/mol. The molecule has 0 fully saturated rings. The Bertz CT molecular complexity index is 1250. The van der Waals surface area contributed by atoms with Crippen LogP contribution in [0.3, 0.4) is 0 Å². The average Bonchev–Trinajstić information content (AvgIpc) is 3.36. The van der Waals surface area contributed by atoms with Gasteiger partial charge in [-0.15, -0.1) is 0 Å². The van der Waals surface area contributed by atoms with Crippen LogP contribution in [0.5, 0.6) is 5.75 Å². The normalized spacial score (nSPS) is 14.6. The molecule has 146 valence electrons. The van der Waals surface area contributed by atoms with Gasteiger partial charge in [0.05, 0.1) is 17.6 Å². The lowest BCUT2D eigenvalue weighted by atomic mass is 9.99. The fourth-order valence-electron chi connectivity index (χ4n) is 3.70. The predicted octanol–water partition coefficient (Wildman–Crippen LogP) is 3.10. The van der Waals surface area contributed by atoms with E-state index in [1.54, 1.807) is 27.7 Å². The summed E-state index contributed by atoms with van der Waals surface area (Å²) in [5, 5.41) is 11.7. The zero-order valence-electron chi connectivity index (χ0n) is 16.4. The van der Waals surface area contributed by atoms with Crippen LogP contribution in [0.25, 0.3) is 16.9 Å². The highest BCUT2D eigenvalue weighted by atomic mass is 16.5. The van der Waals surface area contributed by atoms with Crippen LogP contribution in [0.15, 0.2) is 49.1 Å². The molecule has 0 atom stereocenters. The van der Waals surface area contributed by atoms with Gasteiger partial charge in [-0.05, 0) is 38.1 Å². The Hall–Kier alpha value is -3.68. The molecule has 0 aliphatic carbocycles. The van der Waals surface area contributed by atoms with Gasteiger partial charge in [-0.2, -0.15) is 10.2 Å². The van der Waals surface area contributed by atoms with Crippen LogP contribution < -0.4 is 10.1 Å². The number of amides is 1. The van der Waals surface area contributed by atoms with Gasteiger partial charge in [0.15, 0.2) is 5.65 Å². The zero-order chi connectivity index (χ0) is 20.2. The van der Waals surface area contributed by atoms with Gasteiger partial charge in [0, 0.05) is 43.2 Å². The van der Waals surface area contributed by atoms with Crippen molar-refractivity contribution in [1.82, 2.24) is 24.4 Å². The molecule has 8 nitrogen and oxygen atoms in total. The molecule has 4 heterocycles. The second-order valence-corrected chi connectivity index (χ2v) is 7.82. The molecule has 0 radical (unpaired) electrons. The van der Waals surface area contributed by atoms with Crippen molar-refractivity contribution in [2.24, 2.45) is 7.05 Å². The second-order valence-electron chi connectivity index (χ2n) is 7.82. The molecule has 1 amide bonds. The molecule has 0 saturated heterocycles. The summed E-state index contributed by atoms with van der Waals surface area (Å²) in [6, 6.07) is 7.61. The van der Waals surface area contributed by atoms with E-state index in [9.17, 15) is 4.79 Å².